The van der Waals surface area contributed by atoms with Crippen molar-refractivity contribution in [2.45, 2.75) is 94.5 Å². The lowest BCUT2D eigenvalue weighted by molar-refractivity contribution is -0.215. The fraction of sp³-hybridized carbons (Fsp3) is 0.533. The standard InChI is InChI=1S/C45H54N4O7/c1-8-28-19-29-22-44(41(52)55-7,37-31(25-48(23-28)24-29)30-13-10-11-14-34(30)46-37)33-20-32-35(21-36(33)54-6)47(5)39-43(32)16-18-49-17-12-15-42(9-2,38(43)49)40(56-27(4)51)45(39,53)26(3)50/h10-15,19-21,29,38-40,46,53H,8-9,16-18,22-25H2,1-7H3/t29?,38-,39+,40+,42+,43?,44-,45-/m0/s1. The number of nitrogens with zero attached hydrogens (tertiary/aromatic N) is 3. The summed E-state index contributed by atoms with van der Waals surface area (Å²) >= 11 is 0. The molecule has 1 saturated carbocycles. The van der Waals surface area contributed by atoms with Crippen molar-refractivity contribution in [2.75, 3.05) is 52.3 Å². The van der Waals surface area contributed by atoms with E-state index in [9.17, 15) is 14.7 Å². The summed E-state index contributed by atoms with van der Waals surface area (Å²) in [5, 5.41) is 14.3. The Morgan fingerprint density at radius 1 is 1.04 bits per heavy atom. The number of carbonyl (C=O) groups excluding carboxylic acids is 3. The first-order chi connectivity index (χ1) is 26.8. The monoisotopic (exact) mass is 762 g/mol. The van der Waals surface area contributed by atoms with Crippen LogP contribution >= 0.6 is 0 Å². The third-order valence-electron chi connectivity index (χ3n) is 14.8. The number of aromatic amines is 1. The van der Waals surface area contributed by atoms with Crippen molar-refractivity contribution in [3.8, 4) is 5.75 Å². The number of methoxy groups -OCH3 is 2. The van der Waals surface area contributed by atoms with Crippen LogP contribution in [0.4, 0.5) is 5.69 Å². The van der Waals surface area contributed by atoms with Crippen LogP contribution in [0.3, 0.4) is 0 Å². The van der Waals surface area contributed by atoms with Crippen LogP contribution in [0.5, 0.6) is 5.75 Å². The Hall–Kier alpha value is -4.45. The Bertz CT molecular complexity index is 2230. The molecule has 2 fully saturated rings. The molecule has 3 unspecified atom stereocenters. The quantitative estimate of drug-likeness (QED) is 0.246. The number of para-hydroxylation sites is 1. The van der Waals surface area contributed by atoms with Crippen LogP contribution in [0.1, 0.15) is 75.8 Å². The Kier molecular flexibility index (Phi) is 8.48. The third-order valence-corrected chi connectivity index (χ3v) is 14.8. The Labute approximate surface area is 328 Å². The van der Waals surface area contributed by atoms with Crippen LogP contribution in [0.15, 0.2) is 60.2 Å². The molecule has 9 rings (SSSR count). The van der Waals surface area contributed by atoms with Crippen LogP contribution in [0.25, 0.3) is 10.9 Å². The fourth-order valence-electron chi connectivity index (χ4n) is 12.8. The first-order valence-corrected chi connectivity index (χ1v) is 20.2. The number of esters is 2. The molecule has 5 aliphatic heterocycles. The van der Waals surface area contributed by atoms with Gasteiger partial charge in [-0.1, -0.05) is 55.8 Å². The molecule has 2 bridgehead atoms. The maximum absolute atomic E-state index is 15.1. The summed E-state index contributed by atoms with van der Waals surface area (Å²) in [6.45, 7) is 10.8. The number of nitrogens with one attached hydrogen (secondary N) is 1. The molecule has 1 aromatic heterocycles. The van der Waals surface area contributed by atoms with E-state index in [1.54, 1.807) is 7.11 Å². The van der Waals surface area contributed by atoms with E-state index >= 15 is 4.79 Å². The third kappa shape index (κ3) is 4.59. The van der Waals surface area contributed by atoms with Gasteiger partial charge in [0, 0.05) is 90.9 Å². The van der Waals surface area contributed by atoms with Gasteiger partial charge in [0.25, 0.3) is 0 Å². The number of aromatic nitrogens is 1. The summed E-state index contributed by atoms with van der Waals surface area (Å²) in [4.78, 5) is 53.0. The second kappa shape index (κ2) is 12.8. The Morgan fingerprint density at radius 2 is 1.82 bits per heavy atom. The van der Waals surface area contributed by atoms with Gasteiger partial charge in [0.2, 0.25) is 0 Å². The topological polar surface area (TPSA) is 125 Å². The SMILES string of the molecule is CCC1=CC2CN(C1)Cc1c([nH]c3ccccc13)[C@@](C(=O)OC)(c1cc3c(cc1OC)N(C)[C@@H]1C34CCN3CC=C[C@](CC)([C@H]34)[C@@H](OC(C)=O)[C@]1(O)C(C)=O)C2. The molecule has 0 amide bonds. The smallest absolute Gasteiger partial charge is 0.322 e. The summed E-state index contributed by atoms with van der Waals surface area (Å²) < 4.78 is 18.4. The van der Waals surface area contributed by atoms with E-state index in [1.165, 1.54) is 26.5 Å². The zero-order valence-corrected chi connectivity index (χ0v) is 33.6. The van der Waals surface area contributed by atoms with Crippen molar-refractivity contribution in [3.05, 3.63) is 82.6 Å². The van der Waals surface area contributed by atoms with E-state index in [1.807, 2.05) is 30.1 Å². The van der Waals surface area contributed by atoms with Crippen LogP contribution in [-0.2, 0) is 41.2 Å². The van der Waals surface area contributed by atoms with E-state index in [2.05, 4.69) is 65.1 Å². The van der Waals surface area contributed by atoms with Gasteiger partial charge in [0.1, 0.15) is 11.2 Å². The normalized spacial score (nSPS) is 35.4. The van der Waals surface area contributed by atoms with Gasteiger partial charge >= 0.3 is 11.9 Å². The number of likely N-dealkylation sites (N-methyl/N-ethyl adjacent to an activating group) is 1. The maximum Gasteiger partial charge on any atom is 0.322 e. The van der Waals surface area contributed by atoms with Gasteiger partial charge in [-0.25, -0.2) is 0 Å². The Morgan fingerprint density at radius 3 is 2.52 bits per heavy atom. The number of fused-ring (bicyclic) bond motifs is 6. The highest BCUT2D eigenvalue weighted by Crippen LogP contribution is 2.68. The van der Waals surface area contributed by atoms with Crippen molar-refractivity contribution in [1.29, 1.82) is 0 Å². The molecule has 2 aromatic carbocycles. The van der Waals surface area contributed by atoms with Crippen molar-refractivity contribution >= 4 is 34.3 Å². The summed E-state index contributed by atoms with van der Waals surface area (Å²) in [5.74, 6) is -0.788. The zero-order chi connectivity index (χ0) is 39.5. The molecule has 1 saturated heterocycles. The highest BCUT2D eigenvalue weighted by Gasteiger charge is 2.79. The number of ether oxygens (including phenoxy) is 3. The fourth-order valence-corrected chi connectivity index (χ4v) is 12.8. The molecular weight excluding hydrogens is 709 g/mol. The molecule has 1 spiro atoms. The molecule has 3 aromatic rings. The van der Waals surface area contributed by atoms with Crippen molar-refractivity contribution in [1.82, 2.24) is 14.8 Å². The Balaban J connectivity index is 1.37. The molecule has 6 aliphatic rings. The first-order valence-electron chi connectivity index (χ1n) is 20.2. The van der Waals surface area contributed by atoms with Gasteiger partial charge in [-0.05, 0) is 68.3 Å². The number of ketones is 1. The molecular formula is C45H54N4O7. The lowest BCUT2D eigenvalue weighted by Crippen LogP contribution is -2.81. The van der Waals surface area contributed by atoms with E-state index < -0.39 is 45.7 Å². The predicted molar refractivity (Wildman–Crippen MR) is 213 cm³/mol. The molecule has 296 valence electrons. The minimum Gasteiger partial charge on any atom is -0.496 e. The zero-order valence-electron chi connectivity index (χ0n) is 33.6. The number of H-pyrrole nitrogens is 1. The van der Waals surface area contributed by atoms with E-state index in [0.717, 1.165) is 59.5 Å². The van der Waals surface area contributed by atoms with Crippen LogP contribution in [-0.4, -0.2) is 109 Å². The minimum absolute atomic E-state index is 0.0454. The second-order valence-electron chi connectivity index (χ2n) is 17.2. The second-order valence-corrected chi connectivity index (χ2v) is 17.2. The summed E-state index contributed by atoms with van der Waals surface area (Å²) in [7, 11) is 5.03. The number of carbonyl (C=O) groups is 3. The lowest BCUT2D eigenvalue weighted by Gasteiger charge is -2.64. The van der Waals surface area contributed by atoms with Crippen LogP contribution in [0, 0.1) is 11.3 Å². The largest absolute Gasteiger partial charge is 0.496 e. The number of aliphatic hydroxyl groups is 1. The summed E-state index contributed by atoms with van der Waals surface area (Å²) in [6, 6.07) is 11.4. The van der Waals surface area contributed by atoms with E-state index in [0.29, 0.717) is 43.7 Å². The lowest BCUT2D eigenvalue weighted by atomic mass is 9.47. The predicted octanol–water partition coefficient (Wildman–Crippen LogP) is 5.17. The number of rotatable bonds is 7. The molecule has 9 atom stereocenters. The van der Waals surface area contributed by atoms with Gasteiger partial charge in [-0.15, -0.1) is 0 Å². The molecule has 11 heteroatoms. The highest BCUT2D eigenvalue weighted by molar-refractivity contribution is 5.95. The molecule has 0 radical (unpaired) electrons. The molecule has 6 heterocycles. The summed E-state index contributed by atoms with van der Waals surface area (Å²) in [5.41, 5.74) is 1.63. The number of hydrogen-bond acceptors (Lipinski definition) is 10. The average molecular weight is 763 g/mol. The maximum atomic E-state index is 15.1. The van der Waals surface area contributed by atoms with E-state index in [4.69, 9.17) is 14.2 Å². The number of anilines is 1. The summed E-state index contributed by atoms with van der Waals surface area (Å²) in [6.07, 6.45) is 8.01. The van der Waals surface area contributed by atoms with E-state index in [-0.39, 0.29) is 17.9 Å². The average Bonchev–Trinajstić information content (AvgIpc) is 3.84. The molecule has 2 N–H and O–H groups in total. The van der Waals surface area contributed by atoms with Gasteiger partial charge in [0.15, 0.2) is 17.5 Å². The number of benzene rings is 2. The highest BCUT2D eigenvalue weighted by atomic mass is 16.6. The van der Waals surface area contributed by atoms with Crippen molar-refractivity contribution < 1.29 is 33.7 Å². The number of Topliss-reactive ketones (excluding diaryl/α,β-unsaturated/α-hetero) is 1. The van der Waals surface area contributed by atoms with Gasteiger partial charge in [0.05, 0.1) is 20.3 Å². The van der Waals surface area contributed by atoms with Crippen molar-refractivity contribution in [2.24, 2.45) is 11.3 Å². The van der Waals surface area contributed by atoms with Gasteiger partial charge < -0.3 is 29.2 Å². The van der Waals surface area contributed by atoms with Crippen LogP contribution < -0.4 is 9.64 Å². The molecule has 56 heavy (non-hydrogen) atoms. The van der Waals surface area contributed by atoms with Gasteiger partial charge in [-0.2, -0.15) is 0 Å². The minimum atomic E-state index is -2.06. The first kappa shape index (κ1) is 37.1. The van der Waals surface area contributed by atoms with Gasteiger partial charge in [-0.3, -0.25) is 24.2 Å². The van der Waals surface area contributed by atoms with Crippen molar-refractivity contribution in [3.63, 3.8) is 0 Å². The molecule has 11 nitrogen and oxygen atoms in total. The van der Waals surface area contributed by atoms with Crippen LogP contribution in [0.2, 0.25) is 0 Å². The number of hydrogen-bond donors (Lipinski definition) is 2. The molecule has 1 aliphatic carbocycles.